The first-order chi connectivity index (χ1) is 5.86. The zero-order valence-electron chi connectivity index (χ0n) is 7.88. The highest BCUT2D eigenvalue weighted by Crippen LogP contribution is 2.25. The van der Waals surface area contributed by atoms with Crippen LogP contribution in [-0.2, 0) is 4.74 Å². The van der Waals surface area contributed by atoms with Gasteiger partial charge in [-0.25, -0.2) is 0 Å². The molecule has 0 aromatic rings. The van der Waals surface area contributed by atoms with Crippen LogP contribution in [0, 0.1) is 5.92 Å². The molecule has 0 radical (unpaired) electrons. The molecule has 1 heterocycles. The highest BCUT2D eigenvalue weighted by molar-refractivity contribution is 4.84. The Bertz CT molecular complexity index is 143. The van der Waals surface area contributed by atoms with Gasteiger partial charge in [0.05, 0.1) is 6.61 Å². The molecule has 1 aliphatic heterocycles. The summed E-state index contributed by atoms with van der Waals surface area (Å²) in [5.41, 5.74) is 0. The maximum atomic E-state index is 5.34. The quantitative estimate of drug-likeness (QED) is 0.677. The molecule has 12 heavy (non-hydrogen) atoms. The SMILES string of the molecule is CC1CCCC1NC1CCOC1. The molecule has 0 aromatic carbocycles. The van der Waals surface area contributed by atoms with Gasteiger partial charge >= 0.3 is 0 Å². The molecule has 2 rings (SSSR count). The Labute approximate surface area is 74.7 Å². The molecule has 1 N–H and O–H groups in total. The summed E-state index contributed by atoms with van der Waals surface area (Å²) >= 11 is 0. The predicted octanol–water partition coefficient (Wildman–Crippen LogP) is 1.55. The summed E-state index contributed by atoms with van der Waals surface area (Å²) in [6, 6.07) is 1.42. The minimum absolute atomic E-state index is 0.649. The highest BCUT2D eigenvalue weighted by atomic mass is 16.5. The predicted molar refractivity (Wildman–Crippen MR) is 49.2 cm³/mol. The fraction of sp³-hybridized carbons (Fsp3) is 1.00. The van der Waals surface area contributed by atoms with Gasteiger partial charge in [-0.3, -0.25) is 0 Å². The summed E-state index contributed by atoms with van der Waals surface area (Å²) in [6.07, 6.45) is 5.40. The van der Waals surface area contributed by atoms with E-state index >= 15 is 0 Å². The molecular formula is C10H19NO. The molecule has 1 saturated carbocycles. The van der Waals surface area contributed by atoms with E-state index in [0.717, 1.165) is 25.2 Å². The van der Waals surface area contributed by atoms with Crippen molar-refractivity contribution in [2.24, 2.45) is 5.92 Å². The lowest BCUT2D eigenvalue weighted by Gasteiger charge is -2.21. The third kappa shape index (κ3) is 1.80. The van der Waals surface area contributed by atoms with E-state index in [9.17, 15) is 0 Å². The normalized spacial score (nSPS) is 42.2. The summed E-state index contributed by atoms with van der Waals surface area (Å²) in [4.78, 5) is 0. The van der Waals surface area contributed by atoms with Crippen molar-refractivity contribution in [3.63, 3.8) is 0 Å². The Morgan fingerprint density at radius 3 is 2.75 bits per heavy atom. The van der Waals surface area contributed by atoms with Gasteiger partial charge in [0.2, 0.25) is 0 Å². The van der Waals surface area contributed by atoms with Crippen LogP contribution < -0.4 is 5.32 Å². The Morgan fingerprint density at radius 1 is 1.25 bits per heavy atom. The van der Waals surface area contributed by atoms with Crippen LogP contribution in [0.15, 0.2) is 0 Å². The summed E-state index contributed by atoms with van der Waals surface area (Å²) in [5.74, 6) is 0.880. The van der Waals surface area contributed by atoms with Gasteiger partial charge in [-0.05, 0) is 25.2 Å². The smallest absolute Gasteiger partial charge is 0.0620 e. The molecule has 1 aliphatic carbocycles. The Morgan fingerprint density at radius 2 is 2.17 bits per heavy atom. The van der Waals surface area contributed by atoms with Crippen LogP contribution in [0.3, 0.4) is 0 Å². The second-order valence-corrected chi connectivity index (χ2v) is 4.24. The van der Waals surface area contributed by atoms with E-state index in [1.54, 1.807) is 0 Å². The minimum atomic E-state index is 0.649. The van der Waals surface area contributed by atoms with Crippen LogP contribution in [0.2, 0.25) is 0 Å². The molecule has 2 aliphatic rings. The van der Waals surface area contributed by atoms with Crippen molar-refractivity contribution >= 4 is 0 Å². The molecule has 2 fully saturated rings. The van der Waals surface area contributed by atoms with Crippen LogP contribution >= 0.6 is 0 Å². The van der Waals surface area contributed by atoms with Gasteiger partial charge < -0.3 is 10.1 Å². The van der Waals surface area contributed by atoms with Crippen molar-refractivity contribution in [2.45, 2.75) is 44.7 Å². The Kier molecular flexibility index (Phi) is 2.66. The number of ether oxygens (including phenoxy) is 1. The summed E-state index contributed by atoms with van der Waals surface area (Å²) in [7, 11) is 0. The van der Waals surface area contributed by atoms with Gasteiger partial charge in [0.15, 0.2) is 0 Å². The lowest BCUT2D eigenvalue weighted by atomic mass is 10.1. The lowest BCUT2D eigenvalue weighted by Crippen LogP contribution is -2.39. The highest BCUT2D eigenvalue weighted by Gasteiger charge is 2.26. The van der Waals surface area contributed by atoms with Crippen molar-refractivity contribution in [3.8, 4) is 0 Å². The molecule has 1 saturated heterocycles. The monoisotopic (exact) mass is 169 g/mol. The second kappa shape index (κ2) is 3.75. The molecule has 0 amide bonds. The third-order valence-corrected chi connectivity index (χ3v) is 3.24. The van der Waals surface area contributed by atoms with Gasteiger partial charge in [-0.1, -0.05) is 13.3 Å². The molecular weight excluding hydrogens is 150 g/mol. The zero-order chi connectivity index (χ0) is 8.39. The second-order valence-electron chi connectivity index (χ2n) is 4.24. The molecule has 3 atom stereocenters. The van der Waals surface area contributed by atoms with Gasteiger partial charge in [-0.2, -0.15) is 0 Å². The first-order valence-electron chi connectivity index (χ1n) is 5.20. The standard InChI is InChI=1S/C10H19NO/c1-8-3-2-4-10(8)11-9-5-6-12-7-9/h8-11H,2-7H2,1H3. The Hall–Kier alpha value is -0.0800. The molecule has 0 bridgehead atoms. The molecule has 2 nitrogen and oxygen atoms in total. The van der Waals surface area contributed by atoms with E-state index in [1.807, 2.05) is 0 Å². The van der Waals surface area contributed by atoms with E-state index in [0.29, 0.717) is 6.04 Å². The van der Waals surface area contributed by atoms with Crippen LogP contribution in [-0.4, -0.2) is 25.3 Å². The minimum Gasteiger partial charge on any atom is -0.380 e. The summed E-state index contributed by atoms with van der Waals surface area (Å²) < 4.78 is 5.34. The van der Waals surface area contributed by atoms with E-state index in [2.05, 4.69) is 12.2 Å². The molecule has 0 spiro atoms. The van der Waals surface area contributed by atoms with Crippen molar-refractivity contribution in [1.29, 1.82) is 0 Å². The number of hydrogen-bond acceptors (Lipinski definition) is 2. The zero-order valence-corrected chi connectivity index (χ0v) is 7.88. The molecule has 0 aromatic heterocycles. The molecule has 70 valence electrons. The average Bonchev–Trinajstić information content (AvgIpc) is 2.65. The summed E-state index contributed by atoms with van der Waals surface area (Å²) in [6.45, 7) is 4.25. The van der Waals surface area contributed by atoms with Gasteiger partial charge in [0.1, 0.15) is 0 Å². The van der Waals surface area contributed by atoms with Crippen LogP contribution in [0.25, 0.3) is 0 Å². The molecule has 3 unspecified atom stereocenters. The van der Waals surface area contributed by atoms with E-state index in [1.165, 1.54) is 25.7 Å². The maximum Gasteiger partial charge on any atom is 0.0620 e. The first-order valence-corrected chi connectivity index (χ1v) is 5.20. The fourth-order valence-corrected chi connectivity index (χ4v) is 2.36. The topological polar surface area (TPSA) is 21.3 Å². The number of rotatable bonds is 2. The lowest BCUT2D eigenvalue weighted by molar-refractivity contribution is 0.186. The average molecular weight is 169 g/mol. The third-order valence-electron chi connectivity index (χ3n) is 3.24. The van der Waals surface area contributed by atoms with Gasteiger partial charge in [-0.15, -0.1) is 0 Å². The largest absolute Gasteiger partial charge is 0.380 e. The van der Waals surface area contributed by atoms with Gasteiger partial charge in [0.25, 0.3) is 0 Å². The Balaban J connectivity index is 1.77. The van der Waals surface area contributed by atoms with E-state index in [4.69, 9.17) is 4.74 Å². The van der Waals surface area contributed by atoms with Crippen molar-refractivity contribution < 1.29 is 4.74 Å². The number of nitrogens with one attached hydrogen (secondary N) is 1. The van der Waals surface area contributed by atoms with Crippen LogP contribution in [0.1, 0.15) is 32.6 Å². The van der Waals surface area contributed by atoms with Crippen LogP contribution in [0.5, 0.6) is 0 Å². The van der Waals surface area contributed by atoms with E-state index < -0.39 is 0 Å². The first kappa shape index (κ1) is 8.52. The summed E-state index contributed by atoms with van der Waals surface area (Å²) in [5, 5.41) is 3.70. The number of hydrogen-bond donors (Lipinski definition) is 1. The van der Waals surface area contributed by atoms with Crippen molar-refractivity contribution in [2.75, 3.05) is 13.2 Å². The van der Waals surface area contributed by atoms with E-state index in [-0.39, 0.29) is 0 Å². The fourth-order valence-electron chi connectivity index (χ4n) is 2.36. The van der Waals surface area contributed by atoms with Crippen LogP contribution in [0.4, 0.5) is 0 Å². The van der Waals surface area contributed by atoms with Crippen molar-refractivity contribution in [1.82, 2.24) is 5.32 Å². The molecule has 2 heteroatoms. The van der Waals surface area contributed by atoms with Crippen molar-refractivity contribution in [3.05, 3.63) is 0 Å². The van der Waals surface area contributed by atoms with Gasteiger partial charge in [0, 0.05) is 18.7 Å². The maximum absolute atomic E-state index is 5.34.